The lowest BCUT2D eigenvalue weighted by Crippen LogP contribution is -2.14. The zero-order chi connectivity index (χ0) is 17.4. The van der Waals surface area contributed by atoms with E-state index < -0.39 is 17.5 Å². The predicted molar refractivity (Wildman–Crippen MR) is 87.5 cm³/mol. The minimum atomic E-state index is -1.11. The van der Waals surface area contributed by atoms with Crippen LogP contribution in [0.4, 0.5) is 18.9 Å². The average molecular weight is 398 g/mol. The first-order valence-electron chi connectivity index (χ1n) is 6.90. The van der Waals surface area contributed by atoms with Crippen LogP contribution in [0.15, 0.2) is 38.9 Å². The molecule has 0 saturated heterocycles. The summed E-state index contributed by atoms with van der Waals surface area (Å²) in [4.78, 5) is 3.81. The van der Waals surface area contributed by atoms with Gasteiger partial charge in [-0.05, 0) is 45.3 Å². The quantitative estimate of drug-likeness (QED) is 0.469. The van der Waals surface area contributed by atoms with E-state index in [0.717, 1.165) is 6.07 Å². The lowest BCUT2D eigenvalue weighted by molar-refractivity contribution is 0.318. The zero-order valence-corrected chi connectivity index (χ0v) is 13.7. The molecule has 8 heteroatoms. The molecule has 0 aliphatic carbocycles. The first kappa shape index (κ1) is 16.5. The molecule has 24 heavy (non-hydrogen) atoms. The Morgan fingerprint density at radius 3 is 2.67 bits per heavy atom. The molecule has 0 radical (unpaired) electrons. The molecule has 1 heterocycles. The Bertz CT molecular complexity index is 897. The summed E-state index contributed by atoms with van der Waals surface area (Å²) < 4.78 is 41.3. The molecular weight excluding hydrogens is 387 g/mol. The zero-order valence-electron chi connectivity index (χ0n) is 12.2. The third kappa shape index (κ3) is 2.89. The second-order valence-electron chi connectivity index (χ2n) is 5.30. The number of oxime groups is 1. The number of aliphatic imine (C=N–C) groups is 1. The molecule has 0 spiro atoms. The topological polar surface area (TPSA) is 71.0 Å². The second kappa shape index (κ2) is 6.27. The van der Waals surface area contributed by atoms with Crippen LogP contribution < -0.4 is 5.73 Å². The molecule has 0 saturated carbocycles. The SMILES string of the molecule is NC1=Nc2c(F)c(F)cc(/C(Cc3ccc(F)c(Br)c3)=N/O)c2C1. The van der Waals surface area contributed by atoms with Crippen LogP contribution in [0.1, 0.15) is 16.7 Å². The number of amidine groups is 1. The number of benzene rings is 2. The number of hydrogen-bond donors (Lipinski definition) is 2. The van der Waals surface area contributed by atoms with Gasteiger partial charge in [-0.2, -0.15) is 0 Å². The molecular formula is C16H11BrF3N3O. The van der Waals surface area contributed by atoms with Gasteiger partial charge in [-0.3, -0.25) is 0 Å². The van der Waals surface area contributed by atoms with E-state index in [9.17, 15) is 18.4 Å². The maximum Gasteiger partial charge on any atom is 0.184 e. The van der Waals surface area contributed by atoms with E-state index in [2.05, 4.69) is 26.1 Å². The van der Waals surface area contributed by atoms with Crippen molar-refractivity contribution in [3.05, 3.63) is 62.9 Å². The van der Waals surface area contributed by atoms with Crippen LogP contribution in [0.2, 0.25) is 0 Å². The molecule has 3 N–H and O–H groups in total. The van der Waals surface area contributed by atoms with Gasteiger partial charge in [0.1, 0.15) is 17.3 Å². The van der Waals surface area contributed by atoms with Crippen molar-refractivity contribution in [3.8, 4) is 0 Å². The van der Waals surface area contributed by atoms with Crippen molar-refractivity contribution in [1.29, 1.82) is 0 Å². The summed E-state index contributed by atoms with van der Waals surface area (Å²) in [6.07, 6.45) is 0.223. The Kier molecular flexibility index (Phi) is 4.31. The molecule has 1 aliphatic rings. The van der Waals surface area contributed by atoms with E-state index in [1.165, 1.54) is 18.2 Å². The molecule has 2 aromatic carbocycles. The lowest BCUT2D eigenvalue weighted by atomic mass is 9.95. The molecule has 124 valence electrons. The van der Waals surface area contributed by atoms with Crippen molar-refractivity contribution in [3.63, 3.8) is 0 Å². The largest absolute Gasteiger partial charge is 0.411 e. The first-order chi connectivity index (χ1) is 11.4. The fourth-order valence-electron chi connectivity index (χ4n) is 2.59. The van der Waals surface area contributed by atoms with Crippen molar-refractivity contribution in [2.45, 2.75) is 12.8 Å². The van der Waals surface area contributed by atoms with Crippen LogP contribution in [0.25, 0.3) is 0 Å². The van der Waals surface area contributed by atoms with Gasteiger partial charge in [-0.1, -0.05) is 11.2 Å². The maximum atomic E-state index is 13.9. The molecule has 4 nitrogen and oxygen atoms in total. The Morgan fingerprint density at radius 2 is 2.00 bits per heavy atom. The number of nitrogens with two attached hydrogens (primary N) is 1. The van der Waals surface area contributed by atoms with Crippen molar-refractivity contribution in [2.75, 3.05) is 0 Å². The third-order valence-corrected chi connectivity index (χ3v) is 4.31. The lowest BCUT2D eigenvalue weighted by Gasteiger charge is -2.11. The van der Waals surface area contributed by atoms with Crippen molar-refractivity contribution < 1.29 is 18.4 Å². The highest BCUT2D eigenvalue weighted by molar-refractivity contribution is 9.10. The van der Waals surface area contributed by atoms with E-state index in [1.807, 2.05) is 0 Å². The summed E-state index contributed by atoms with van der Waals surface area (Å²) in [5, 5.41) is 12.5. The van der Waals surface area contributed by atoms with Crippen LogP contribution in [-0.2, 0) is 12.8 Å². The normalized spacial score (nSPS) is 13.8. The van der Waals surface area contributed by atoms with Gasteiger partial charge in [0.05, 0.1) is 10.2 Å². The highest BCUT2D eigenvalue weighted by Gasteiger charge is 2.26. The van der Waals surface area contributed by atoms with Gasteiger partial charge in [0, 0.05) is 18.4 Å². The van der Waals surface area contributed by atoms with E-state index in [1.54, 1.807) is 0 Å². The van der Waals surface area contributed by atoms with Gasteiger partial charge in [0.15, 0.2) is 11.6 Å². The molecule has 0 bridgehead atoms. The molecule has 3 rings (SSSR count). The molecule has 2 aromatic rings. The van der Waals surface area contributed by atoms with Crippen LogP contribution in [-0.4, -0.2) is 16.8 Å². The standard InChI is InChI=1S/C16H11BrF3N3O/c17-10-3-7(1-2-11(10)18)4-13(23-24)8-5-12(19)15(20)16-9(8)6-14(21)22-16/h1-3,5,24H,4,6H2,(H2,21,22)/b23-13+. The molecule has 0 fully saturated rings. The van der Waals surface area contributed by atoms with Gasteiger partial charge in [0.2, 0.25) is 0 Å². The summed E-state index contributed by atoms with van der Waals surface area (Å²) in [6.45, 7) is 0. The maximum absolute atomic E-state index is 13.9. The van der Waals surface area contributed by atoms with Gasteiger partial charge in [-0.25, -0.2) is 18.2 Å². The average Bonchev–Trinajstić information content (AvgIpc) is 2.94. The van der Waals surface area contributed by atoms with Crippen LogP contribution in [0, 0.1) is 17.5 Å². The highest BCUT2D eigenvalue weighted by atomic mass is 79.9. The van der Waals surface area contributed by atoms with E-state index >= 15 is 0 Å². The second-order valence-corrected chi connectivity index (χ2v) is 6.15. The van der Waals surface area contributed by atoms with Crippen LogP contribution in [0.5, 0.6) is 0 Å². The Morgan fingerprint density at radius 1 is 1.25 bits per heavy atom. The summed E-state index contributed by atoms with van der Waals surface area (Å²) in [6, 6.07) is 5.24. The molecule has 0 atom stereocenters. The number of halogens is 4. The van der Waals surface area contributed by atoms with Gasteiger partial charge in [0.25, 0.3) is 0 Å². The predicted octanol–water partition coefficient (Wildman–Crippen LogP) is 3.83. The van der Waals surface area contributed by atoms with Gasteiger partial charge < -0.3 is 10.9 Å². The van der Waals surface area contributed by atoms with Crippen molar-refractivity contribution >= 4 is 33.2 Å². The first-order valence-corrected chi connectivity index (χ1v) is 7.69. The van der Waals surface area contributed by atoms with E-state index in [0.29, 0.717) is 11.1 Å². The van der Waals surface area contributed by atoms with Crippen molar-refractivity contribution in [1.82, 2.24) is 0 Å². The van der Waals surface area contributed by atoms with Crippen molar-refractivity contribution in [2.24, 2.45) is 15.9 Å². The Hall–Kier alpha value is -2.35. The number of hydrogen-bond acceptors (Lipinski definition) is 4. The Balaban J connectivity index is 2.03. The van der Waals surface area contributed by atoms with E-state index in [-0.39, 0.29) is 40.1 Å². The molecule has 1 aliphatic heterocycles. The van der Waals surface area contributed by atoms with Crippen LogP contribution in [0.3, 0.4) is 0 Å². The molecule has 0 amide bonds. The summed E-state index contributed by atoms with van der Waals surface area (Å²) >= 11 is 3.07. The minimum Gasteiger partial charge on any atom is -0.411 e. The highest BCUT2D eigenvalue weighted by Crippen LogP contribution is 2.34. The summed E-state index contributed by atoms with van der Waals surface area (Å²) in [5.41, 5.74) is 6.75. The third-order valence-electron chi connectivity index (χ3n) is 3.70. The number of fused-ring (bicyclic) bond motifs is 1. The fraction of sp³-hybridized carbons (Fsp3) is 0.125. The molecule has 0 aromatic heterocycles. The molecule has 0 unspecified atom stereocenters. The monoisotopic (exact) mass is 397 g/mol. The number of nitrogens with zero attached hydrogens (tertiary/aromatic N) is 2. The summed E-state index contributed by atoms with van der Waals surface area (Å²) in [7, 11) is 0. The van der Waals surface area contributed by atoms with Gasteiger partial charge >= 0.3 is 0 Å². The summed E-state index contributed by atoms with van der Waals surface area (Å²) in [5.74, 6) is -2.48. The fourth-order valence-corrected chi connectivity index (χ4v) is 3.02. The van der Waals surface area contributed by atoms with Gasteiger partial charge in [-0.15, -0.1) is 0 Å². The number of rotatable bonds is 3. The Labute approximate surface area is 143 Å². The van der Waals surface area contributed by atoms with Crippen LogP contribution >= 0.6 is 15.9 Å². The smallest absolute Gasteiger partial charge is 0.184 e. The van der Waals surface area contributed by atoms with E-state index in [4.69, 9.17) is 5.73 Å². The minimum absolute atomic E-state index is 0.0901.